The number of nitriles is 2. The van der Waals surface area contributed by atoms with E-state index >= 15 is 0 Å². The quantitative estimate of drug-likeness (QED) is 0.283. The van der Waals surface area contributed by atoms with Crippen molar-refractivity contribution in [3.63, 3.8) is 0 Å². The zero-order valence-corrected chi connectivity index (χ0v) is 17.5. The van der Waals surface area contributed by atoms with Crippen molar-refractivity contribution in [2.75, 3.05) is 0 Å². The number of rotatable bonds is 0. The standard InChI is InChI=1S/C27H14N2.C2H6/c28-15-17-9-11-21-22-12-10-18(16-29)14-26(22)27(25(21)13-17)23-7-3-1-5-19(23)20-6-2-4-8-24(20)27;1-2/h1-14H;1-2H3. The van der Waals surface area contributed by atoms with E-state index in [1.165, 1.54) is 22.3 Å². The molecule has 0 aromatic heterocycles. The minimum absolute atomic E-state index is 0.502. The summed E-state index contributed by atoms with van der Waals surface area (Å²) in [7, 11) is 0. The molecule has 0 N–H and O–H groups in total. The summed E-state index contributed by atoms with van der Waals surface area (Å²) in [6, 6.07) is 33.5. The van der Waals surface area contributed by atoms with E-state index in [-0.39, 0.29) is 0 Å². The fourth-order valence-corrected chi connectivity index (χ4v) is 5.28. The molecule has 2 aliphatic rings. The van der Waals surface area contributed by atoms with E-state index in [9.17, 15) is 10.5 Å². The summed E-state index contributed by atoms with van der Waals surface area (Å²) in [5.74, 6) is 0. The van der Waals surface area contributed by atoms with Gasteiger partial charge >= 0.3 is 0 Å². The molecule has 0 saturated heterocycles. The van der Waals surface area contributed by atoms with Gasteiger partial charge in [0.1, 0.15) is 0 Å². The number of benzene rings is 4. The van der Waals surface area contributed by atoms with Gasteiger partial charge in [-0.25, -0.2) is 0 Å². The summed E-state index contributed by atoms with van der Waals surface area (Å²) in [6.07, 6.45) is 0. The summed E-state index contributed by atoms with van der Waals surface area (Å²) in [5.41, 5.74) is 10.2. The van der Waals surface area contributed by atoms with Crippen LogP contribution in [0.3, 0.4) is 0 Å². The lowest BCUT2D eigenvalue weighted by Gasteiger charge is -2.30. The molecule has 4 aromatic carbocycles. The van der Waals surface area contributed by atoms with Crippen molar-refractivity contribution < 1.29 is 0 Å². The largest absolute Gasteiger partial charge is 0.192 e. The van der Waals surface area contributed by atoms with Gasteiger partial charge in [0, 0.05) is 0 Å². The lowest BCUT2D eigenvalue weighted by Crippen LogP contribution is -2.26. The predicted octanol–water partition coefficient (Wildman–Crippen LogP) is 6.80. The van der Waals surface area contributed by atoms with Crippen LogP contribution in [-0.4, -0.2) is 0 Å². The Morgan fingerprint density at radius 1 is 0.516 bits per heavy atom. The van der Waals surface area contributed by atoms with Crippen LogP contribution in [0.5, 0.6) is 0 Å². The van der Waals surface area contributed by atoms with Crippen molar-refractivity contribution >= 4 is 0 Å². The normalized spacial score (nSPS) is 13.0. The Bertz CT molecular complexity index is 1320. The number of nitrogens with zero attached hydrogens (tertiary/aromatic N) is 2. The van der Waals surface area contributed by atoms with Crippen LogP contribution in [0.1, 0.15) is 47.2 Å². The van der Waals surface area contributed by atoms with E-state index < -0.39 is 5.41 Å². The molecule has 4 aromatic rings. The molecule has 146 valence electrons. The Hall–Kier alpha value is -4.14. The molecule has 0 radical (unpaired) electrons. The van der Waals surface area contributed by atoms with Crippen LogP contribution in [0.2, 0.25) is 0 Å². The third kappa shape index (κ3) is 2.31. The predicted molar refractivity (Wildman–Crippen MR) is 124 cm³/mol. The van der Waals surface area contributed by atoms with Crippen molar-refractivity contribution in [3.8, 4) is 34.4 Å². The highest BCUT2D eigenvalue weighted by atomic mass is 14.5. The van der Waals surface area contributed by atoms with Gasteiger partial charge in [-0.2, -0.15) is 10.5 Å². The highest BCUT2D eigenvalue weighted by Gasteiger charge is 2.51. The van der Waals surface area contributed by atoms with Crippen LogP contribution < -0.4 is 0 Å². The second-order valence-electron chi connectivity index (χ2n) is 7.59. The van der Waals surface area contributed by atoms with Gasteiger partial charge in [-0.05, 0) is 68.8 Å². The maximum Gasteiger partial charge on any atom is 0.0991 e. The van der Waals surface area contributed by atoms with Crippen LogP contribution in [-0.2, 0) is 5.41 Å². The van der Waals surface area contributed by atoms with Crippen LogP contribution in [0.4, 0.5) is 0 Å². The fourth-order valence-electron chi connectivity index (χ4n) is 5.28. The molecule has 31 heavy (non-hydrogen) atoms. The first-order chi connectivity index (χ1) is 15.3. The fraction of sp³-hybridized carbons (Fsp3) is 0.103. The van der Waals surface area contributed by atoms with Gasteiger partial charge < -0.3 is 0 Å². The molecule has 2 aliphatic carbocycles. The van der Waals surface area contributed by atoms with E-state index in [4.69, 9.17) is 0 Å². The monoisotopic (exact) mass is 396 g/mol. The van der Waals surface area contributed by atoms with Gasteiger partial charge in [0.2, 0.25) is 0 Å². The van der Waals surface area contributed by atoms with Crippen molar-refractivity contribution in [1.29, 1.82) is 10.5 Å². The first-order valence-corrected chi connectivity index (χ1v) is 10.6. The molecule has 6 rings (SSSR count). The minimum Gasteiger partial charge on any atom is -0.192 e. The number of hydrogen-bond donors (Lipinski definition) is 0. The first kappa shape index (κ1) is 18.9. The maximum atomic E-state index is 9.60. The number of hydrogen-bond acceptors (Lipinski definition) is 2. The Kier molecular flexibility index (Phi) is 4.25. The van der Waals surface area contributed by atoms with E-state index in [0.29, 0.717) is 11.1 Å². The minimum atomic E-state index is -0.502. The third-order valence-corrected chi connectivity index (χ3v) is 6.35. The van der Waals surface area contributed by atoms with E-state index in [0.717, 1.165) is 22.3 Å². The van der Waals surface area contributed by atoms with Crippen molar-refractivity contribution in [1.82, 2.24) is 0 Å². The van der Waals surface area contributed by atoms with Gasteiger partial charge in [0.15, 0.2) is 0 Å². The van der Waals surface area contributed by atoms with Gasteiger partial charge in [-0.3, -0.25) is 0 Å². The van der Waals surface area contributed by atoms with Gasteiger partial charge in [-0.1, -0.05) is 74.5 Å². The van der Waals surface area contributed by atoms with Crippen molar-refractivity contribution in [2.24, 2.45) is 0 Å². The van der Waals surface area contributed by atoms with E-state index in [1.54, 1.807) is 0 Å². The molecule has 1 spiro atoms. The van der Waals surface area contributed by atoms with Gasteiger partial charge in [0.05, 0.1) is 28.7 Å². The molecule has 0 bridgehead atoms. The topological polar surface area (TPSA) is 47.6 Å². The lowest BCUT2D eigenvalue weighted by molar-refractivity contribution is 0.793. The summed E-state index contributed by atoms with van der Waals surface area (Å²) in [4.78, 5) is 0. The Labute approximate surface area is 182 Å². The van der Waals surface area contributed by atoms with E-state index in [1.807, 2.05) is 38.1 Å². The number of fused-ring (bicyclic) bond motifs is 10. The molecule has 0 fully saturated rings. The van der Waals surface area contributed by atoms with Crippen LogP contribution in [0.25, 0.3) is 22.3 Å². The van der Waals surface area contributed by atoms with Gasteiger partial charge in [0.25, 0.3) is 0 Å². The average molecular weight is 396 g/mol. The SMILES string of the molecule is CC.N#Cc1ccc2c(c1)C1(c3ccccc3-c3ccccc31)c1cc(C#N)ccc1-2. The zero-order chi connectivity index (χ0) is 21.6. The maximum absolute atomic E-state index is 9.60. The molecule has 2 heteroatoms. The second kappa shape index (κ2) is 6.98. The molecule has 0 unspecified atom stereocenters. The van der Waals surface area contributed by atoms with E-state index in [2.05, 4.69) is 72.8 Å². The Balaban J connectivity index is 0.000000994. The molecule has 0 atom stereocenters. The molecule has 2 nitrogen and oxygen atoms in total. The summed E-state index contributed by atoms with van der Waals surface area (Å²) in [6.45, 7) is 4.00. The first-order valence-electron chi connectivity index (χ1n) is 10.6. The highest BCUT2D eigenvalue weighted by Crippen LogP contribution is 2.62. The van der Waals surface area contributed by atoms with Crippen molar-refractivity contribution in [2.45, 2.75) is 19.3 Å². The summed E-state index contributed by atoms with van der Waals surface area (Å²) in [5, 5.41) is 19.2. The average Bonchev–Trinajstić information content (AvgIpc) is 3.31. The molecule has 0 aliphatic heterocycles. The molecule has 0 amide bonds. The molecular weight excluding hydrogens is 376 g/mol. The summed E-state index contributed by atoms with van der Waals surface area (Å²) < 4.78 is 0. The Morgan fingerprint density at radius 3 is 1.32 bits per heavy atom. The second-order valence-corrected chi connectivity index (χ2v) is 7.59. The zero-order valence-electron chi connectivity index (χ0n) is 17.5. The summed E-state index contributed by atoms with van der Waals surface area (Å²) >= 11 is 0. The Morgan fingerprint density at radius 2 is 0.903 bits per heavy atom. The smallest absolute Gasteiger partial charge is 0.0991 e. The van der Waals surface area contributed by atoms with Gasteiger partial charge in [-0.15, -0.1) is 0 Å². The third-order valence-electron chi connectivity index (χ3n) is 6.35. The lowest BCUT2D eigenvalue weighted by atomic mass is 9.70. The highest BCUT2D eigenvalue weighted by molar-refractivity contribution is 5.95. The van der Waals surface area contributed by atoms with Crippen LogP contribution in [0.15, 0.2) is 84.9 Å². The molecule has 0 saturated carbocycles. The van der Waals surface area contributed by atoms with Crippen molar-refractivity contribution in [3.05, 3.63) is 118 Å². The van der Waals surface area contributed by atoms with Crippen LogP contribution >= 0.6 is 0 Å². The van der Waals surface area contributed by atoms with Crippen LogP contribution in [0, 0.1) is 22.7 Å². The molecule has 0 heterocycles. The molecular formula is C29H20N2.